The Morgan fingerprint density at radius 3 is 2.96 bits per heavy atom. The predicted octanol–water partition coefficient (Wildman–Crippen LogP) is 2.76. The SMILES string of the molecule is N#CN1[C@H]2CC[C@@H]1[C@H](NC(=O)[C@@H]1CCCN(c3cccc(Cl)c3)C1)C2. The molecule has 1 amide bonds. The average Bonchev–Trinajstić information content (AvgIpc) is 3.18. The van der Waals surface area contributed by atoms with Crippen LogP contribution in [0.15, 0.2) is 24.3 Å². The highest BCUT2D eigenvalue weighted by molar-refractivity contribution is 6.30. The van der Waals surface area contributed by atoms with Gasteiger partial charge in [-0.15, -0.1) is 0 Å². The Balaban J connectivity index is 1.39. The van der Waals surface area contributed by atoms with E-state index in [0.717, 1.165) is 55.9 Å². The quantitative estimate of drug-likeness (QED) is 0.844. The van der Waals surface area contributed by atoms with Crippen LogP contribution in [0.3, 0.4) is 0 Å². The molecule has 0 aromatic heterocycles. The Morgan fingerprint density at radius 1 is 1.32 bits per heavy atom. The third-order valence-corrected chi connectivity index (χ3v) is 6.18. The Labute approximate surface area is 153 Å². The lowest BCUT2D eigenvalue weighted by Crippen LogP contribution is -2.49. The van der Waals surface area contributed by atoms with Crippen molar-refractivity contribution in [1.29, 1.82) is 5.26 Å². The van der Waals surface area contributed by atoms with Crippen LogP contribution in [0.2, 0.25) is 5.02 Å². The van der Waals surface area contributed by atoms with E-state index in [9.17, 15) is 10.1 Å². The summed E-state index contributed by atoms with van der Waals surface area (Å²) in [6, 6.07) is 8.49. The minimum absolute atomic E-state index is 0.00222. The van der Waals surface area contributed by atoms with Gasteiger partial charge in [-0.1, -0.05) is 17.7 Å². The van der Waals surface area contributed by atoms with Crippen LogP contribution < -0.4 is 10.2 Å². The molecule has 6 heteroatoms. The highest BCUT2D eigenvalue weighted by atomic mass is 35.5. The monoisotopic (exact) mass is 358 g/mol. The van der Waals surface area contributed by atoms with Crippen LogP contribution in [-0.4, -0.2) is 42.0 Å². The normalized spacial score (nSPS) is 31.0. The second-order valence-corrected chi connectivity index (χ2v) is 7.86. The summed E-state index contributed by atoms with van der Waals surface area (Å²) in [5.74, 6) is 0.143. The smallest absolute Gasteiger partial charge is 0.225 e. The van der Waals surface area contributed by atoms with Crippen molar-refractivity contribution in [2.24, 2.45) is 5.92 Å². The maximum absolute atomic E-state index is 12.8. The number of carbonyl (C=O) groups is 1. The molecule has 3 saturated heterocycles. The van der Waals surface area contributed by atoms with Crippen LogP contribution in [0.25, 0.3) is 0 Å². The highest BCUT2D eigenvalue weighted by Gasteiger charge is 2.47. The third kappa shape index (κ3) is 3.16. The maximum Gasteiger partial charge on any atom is 0.225 e. The minimum Gasteiger partial charge on any atom is -0.371 e. The lowest BCUT2D eigenvalue weighted by Gasteiger charge is -2.34. The summed E-state index contributed by atoms with van der Waals surface area (Å²) in [5, 5.41) is 13.2. The fourth-order valence-electron chi connectivity index (χ4n) is 4.70. The largest absolute Gasteiger partial charge is 0.371 e. The van der Waals surface area contributed by atoms with Gasteiger partial charge in [0, 0.05) is 29.8 Å². The number of nitriles is 1. The molecular formula is C19H23ClN4O. The number of hydrogen-bond donors (Lipinski definition) is 1. The fourth-order valence-corrected chi connectivity index (χ4v) is 4.88. The van der Waals surface area contributed by atoms with E-state index in [1.165, 1.54) is 0 Å². The van der Waals surface area contributed by atoms with Gasteiger partial charge >= 0.3 is 0 Å². The van der Waals surface area contributed by atoms with E-state index in [4.69, 9.17) is 11.6 Å². The summed E-state index contributed by atoms with van der Waals surface area (Å²) >= 11 is 6.10. The lowest BCUT2D eigenvalue weighted by atomic mass is 9.93. The number of fused-ring (bicyclic) bond motifs is 2. The Kier molecular flexibility index (Phi) is 4.47. The Morgan fingerprint density at radius 2 is 2.20 bits per heavy atom. The summed E-state index contributed by atoms with van der Waals surface area (Å²) in [6.45, 7) is 1.69. The first kappa shape index (κ1) is 16.5. The molecule has 3 fully saturated rings. The molecule has 0 aliphatic carbocycles. The van der Waals surface area contributed by atoms with Crippen molar-refractivity contribution < 1.29 is 4.79 Å². The van der Waals surface area contributed by atoms with Gasteiger partial charge in [0.2, 0.25) is 5.91 Å². The van der Waals surface area contributed by atoms with Crippen molar-refractivity contribution in [2.45, 2.75) is 50.2 Å². The molecule has 1 aromatic rings. The van der Waals surface area contributed by atoms with Gasteiger partial charge in [0.25, 0.3) is 0 Å². The maximum atomic E-state index is 12.8. The van der Waals surface area contributed by atoms with Crippen LogP contribution in [0.4, 0.5) is 5.69 Å². The number of rotatable bonds is 3. The molecule has 3 heterocycles. The number of halogens is 1. The molecule has 0 unspecified atom stereocenters. The molecule has 132 valence electrons. The standard InChI is InChI=1S/C19H23ClN4O/c20-14-4-1-5-15(9-14)23-8-2-3-13(11-23)19(25)22-17-10-16-6-7-18(17)24(16)12-21/h1,4-5,9,13,16-18H,2-3,6-8,10-11H2,(H,22,25)/t13-,16+,17-,18-/m1/s1. The van der Waals surface area contributed by atoms with Gasteiger partial charge in [0.15, 0.2) is 6.19 Å². The number of nitrogens with one attached hydrogen (secondary N) is 1. The minimum atomic E-state index is 0.00222. The van der Waals surface area contributed by atoms with E-state index < -0.39 is 0 Å². The number of anilines is 1. The molecular weight excluding hydrogens is 336 g/mol. The van der Waals surface area contributed by atoms with Gasteiger partial charge < -0.3 is 15.1 Å². The van der Waals surface area contributed by atoms with E-state index in [0.29, 0.717) is 6.04 Å². The second kappa shape index (κ2) is 6.76. The van der Waals surface area contributed by atoms with Gasteiger partial charge in [-0.3, -0.25) is 4.79 Å². The summed E-state index contributed by atoms with van der Waals surface area (Å²) in [5.41, 5.74) is 1.08. The highest BCUT2D eigenvalue weighted by Crippen LogP contribution is 2.37. The molecule has 0 spiro atoms. The van der Waals surface area contributed by atoms with Gasteiger partial charge in [-0.2, -0.15) is 5.26 Å². The van der Waals surface area contributed by atoms with E-state index in [1.807, 2.05) is 29.2 Å². The summed E-state index contributed by atoms with van der Waals surface area (Å²) in [7, 11) is 0. The average molecular weight is 359 g/mol. The van der Waals surface area contributed by atoms with Crippen molar-refractivity contribution in [2.75, 3.05) is 18.0 Å². The molecule has 3 aliphatic rings. The van der Waals surface area contributed by atoms with Crippen molar-refractivity contribution in [3.8, 4) is 6.19 Å². The number of piperidine rings is 1. The van der Waals surface area contributed by atoms with Gasteiger partial charge in [0.05, 0.1) is 18.0 Å². The predicted molar refractivity (Wildman–Crippen MR) is 97.2 cm³/mol. The van der Waals surface area contributed by atoms with Crippen LogP contribution in [0, 0.1) is 17.4 Å². The van der Waals surface area contributed by atoms with Crippen molar-refractivity contribution in [3.05, 3.63) is 29.3 Å². The zero-order valence-electron chi connectivity index (χ0n) is 14.2. The van der Waals surface area contributed by atoms with Crippen LogP contribution in [-0.2, 0) is 4.79 Å². The Hall–Kier alpha value is -1.93. The molecule has 5 nitrogen and oxygen atoms in total. The van der Waals surface area contributed by atoms with Gasteiger partial charge in [-0.05, 0) is 50.3 Å². The fraction of sp³-hybridized carbons (Fsp3) is 0.579. The zero-order valence-corrected chi connectivity index (χ0v) is 15.0. The molecule has 3 aliphatic heterocycles. The molecule has 25 heavy (non-hydrogen) atoms. The van der Waals surface area contributed by atoms with Gasteiger partial charge in [-0.25, -0.2) is 0 Å². The topological polar surface area (TPSA) is 59.4 Å². The molecule has 0 saturated carbocycles. The van der Waals surface area contributed by atoms with Gasteiger partial charge in [0.1, 0.15) is 0 Å². The number of benzene rings is 1. The van der Waals surface area contributed by atoms with E-state index in [-0.39, 0.29) is 23.9 Å². The van der Waals surface area contributed by atoms with Crippen molar-refractivity contribution in [3.63, 3.8) is 0 Å². The summed E-state index contributed by atoms with van der Waals surface area (Å²) < 4.78 is 0. The first-order valence-electron chi connectivity index (χ1n) is 9.14. The molecule has 1 N–H and O–H groups in total. The van der Waals surface area contributed by atoms with Crippen molar-refractivity contribution >= 4 is 23.2 Å². The molecule has 2 bridgehead atoms. The summed E-state index contributed by atoms with van der Waals surface area (Å²) in [4.78, 5) is 16.9. The van der Waals surface area contributed by atoms with E-state index in [2.05, 4.69) is 16.4 Å². The second-order valence-electron chi connectivity index (χ2n) is 7.42. The molecule has 1 aromatic carbocycles. The third-order valence-electron chi connectivity index (χ3n) is 5.95. The number of carbonyl (C=O) groups excluding carboxylic acids is 1. The van der Waals surface area contributed by atoms with Crippen LogP contribution >= 0.6 is 11.6 Å². The Bertz CT molecular complexity index is 703. The zero-order chi connectivity index (χ0) is 17.4. The number of nitrogens with zero attached hydrogens (tertiary/aromatic N) is 3. The van der Waals surface area contributed by atoms with E-state index >= 15 is 0 Å². The number of amides is 1. The molecule has 4 rings (SSSR count). The first-order chi connectivity index (χ1) is 12.2. The first-order valence-corrected chi connectivity index (χ1v) is 9.52. The molecule has 4 atom stereocenters. The number of hydrogen-bond acceptors (Lipinski definition) is 4. The van der Waals surface area contributed by atoms with E-state index in [1.54, 1.807) is 0 Å². The van der Waals surface area contributed by atoms with Crippen molar-refractivity contribution in [1.82, 2.24) is 10.2 Å². The lowest BCUT2D eigenvalue weighted by molar-refractivity contribution is -0.126. The molecule has 0 radical (unpaired) electrons. The van der Waals surface area contributed by atoms with Crippen LogP contribution in [0.5, 0.6) is 0 Å². The van der Waals surface area contributed by atoms with Crippen LogP contribution in [0.1, 0.15) is 32.1 Å². The summed E-state index contributed by atoms with van der Waals surface area (Å²) in [6.07, 6.45) is 7.24.